The molecule has 10 heteroatoms. The molecule has 0 bridgehead atoms. The largest absolute Gasteiger partial charge is 0.474 e. The maximum absolute atomic E-state index is 13.3. The normalized spacial score (nSPS) is 16.6. The molecule has 0 aliphatic heterocycles. The summed E-state index contributed by atoms with van der Waals surface area (Å²) in [5, 5.41) is 0. The van der Waals surface area contributed by atoms with E-state index in [1.807, 2.05) is 0 Å². The molecular weight excluding hydrogens is 389 g/mol. The topological polar surface area (TPSA) is 89.9 Å². The Labute approximate surface area is 154 Å². The number of carbonyl (C=O) groups is 1. The molecule has 1 aliphatic rings. The van der Waals surface area contributed by atoms with Gasteiger partial charge in [0.05, 0.1) is 11.1 Å². The van der Waals surface area contributed by atoms with Gasteiger partial charge in [-0.1, -0.05) is 5.92 Å². The number of rotatable bonds is 6. The Kier molecular flexibility index (Phi) is 6.07. The van der Waals surface area contributed by atoms with Gasteiger partial charge in [0.2, 0.25) is 0 Å². The van der Waals surface area contributed by atoms with Gasteiger partial charge in [0.25, 0.3) is 10.1 Å². The minimum atomic E-state index is -4.73. The molecular formula is C17H17F3O6S. The van der Waals surface area contributed by atoms with Gasteiger partial charge in [0.15, 0.2) is 5.60 Å². The molecule has 1 saturated carbocycles. The van der Waals surface area contributed by atoms with Crippen molar-refractivity contribution in [3.63, 3.8) is 0 Å². The molecule has 0 radical (unpaired) electrons. The van der Waals surface area contributed by atoms with E-state index >= 15 is 0 Å². The highest BCUT2D eigenvalue weighted by Gasteiger charge is 2.39. The Hall–Kier alpha value is -2.25. The average molecular weight is 406 g/mol. The second kappa shape index (κ2) is 7.78. The Morgan fingerprint density at radius 2 is 1.93 bits per heavy atom. The van der Waals surface area contributed by atoms with Gasteiger partial charge in [-0.3, -0.25) is 4.55 Å². The Morgan fingerprint density at radius 3 is 2.44 bits per heavy atom. The first-order valence-electron chi connectivity index (χ1n) is 7.96. The molecule has 0 unspecified atom stereocenters. The molecule has 0 heterocycles. The minimum Gasteiger partial charge on any atom is -0.474 e. The SMILES string of the molecule is C#CC1(Oc2cc(C(=O)OCCS(=O)(=O)O)ccc2C(F)(F)F)CCCC1. The first-order chi connectivity index (χ1) is 12.5. The van der Waals surface area contributed by atoms with E-state index in [-0.39, 0.29) is 5.56 Å². The fourth-order valence-corrected chi connectivity index (χ4v) is 3.02. The molecule has 0 aromatic heterocycles. The van der Waals surface area contributed by atoms with Crippen LogP contribution in [0.5, 0.6) is 5.75 Å². The maximum atomic E-state index is 13.3. The molecule has 0 atom stereocenters. The van der Waals surface area contributed by atoms with E-state index in [4.69, 9.17) is 15.7 Å². The van der Waals surface area contributed by atoms with Crippen LogP contribution in [0.2, 0.25) is 0 Å². The van der Waals surface area contributed by atoms with E-state index < -0.39 is 51.5 Å². The summed E-state index contributed by atoms with van der Waals surface area (Å²) in [7, 11) is -4.34. The second-order valence-electron chi connectivity index (χ2n) is 6.08. The molecule has 1 aliphatic carbocycles. The van der Waals surface area contributed by atoms with Crippen molar-refractivity contribution in [2.24, 2.45) is 0 Å². The third-order valence-corrected chi connectivity index (χ3v) is 4.76. The fourth-order valence-electron chi connectivity index (χ4n) is 2.72. The highest BCUT2D eigenvalue weighted by molar-refractivity contribution is 7.85. The summed E-state index contributed by atoms with van der Waals surface area (Å²) >= 11 is 0. The van der Waals surface area contributed by atoms with Crippen LogP contribution >= 0.6 is 0 Å². The highest BCUT2D eigenvalue weighted by atomic mass is 32.2. The number of hydrogen-bond acceptors (Lipinski definition) is 5. The van der Waals surface area contributed by atoms with Gasteiger partial charge >= 0.3 is 12.1 Å². The number of ether oxygens (including phenoxy) is 2. The van der Waals surface area contributed by atoms with Crippen molar-refractivity contribution in [2.75, 3.05) is 12.4 Å². The zero-order valence-corrected chi connectivity index (χ0v) is 14.9. The van der Waals surface area contributed by atoms with Crippen molar-refractivity contribution in [3.8, 4) is 18.1 Å². The molecule has 1 N–H and O–H groups in total. The first kappa shape index (κ1) is 21.1. The smallest absolute Gasteiger partial charge is 0.419 e. The molecule has 2 rings (SSSR count). The zero-order valence-electron chi connectivity index (χ0n) is 14.1. The minimum absolute atomic E-state index is 0.265. The summed E-state index contributed by atoms with van der Waals surface area (Å²) in [5.74, 6) is -0.0746. The van der Waals surface area contributed by atoms with Crippen LogP contribution < -0.4 is 4.74 Å². The fraction of sp³-hybridized carbons (Fsp3) is 0.471. The number of halogens is 3. The lowest BCUT2D eigenvalue weighted by atomic mass is 10.0. The van der Waals surface area contributed by atoms with E-state index in [1.165, 1.54) is 0 Å². The molecule has 27 heavy (non-hydrogen) atoms. The second-order valence-corrected chi connectivity index (χ2v) is 7.65. The standard InChI is InChI=1S/C17H17F3O6S/c1-2-16(7-3-4-8-16)26-14-11-12(5-6-13(14)17(18,19)20)15(21)25-9-10-27(22,23)24/h1,5-6,11H,3-4,7-10H2,(H,22,23,24). The van der Waals surface area contributed by atoms with E-state index in [9.17, 15) is 26.4 Å². The number of carbonyl (C=O) groups excluding carboxylic acids is 1. The van der Waals surface area contributed by atoms with Crippen LogP contribution in [0.4, 0.5) is 13.2 Å². The predicted octanol–water partition coefficient (Wildman–Crippen LogP) is 3.07. The number of alkyl halides is 3. The van der Waals surface area contributed by atoms with Gasteiger partial charge in [-0.05, 0) is 43.9 Å². The van der Waals surface area contributed by atoms with E-state index in [2.05, 4.69) is 10.7 Å². The van der Waals surface area contributed by atoms with Crippen molar-refractivity contribution >= 4 is 16.1 Å². The van der Waals surface area contributed by atoms with Gasteiger partial charge in [0, 0.05) is 0 Å². The van der Waals surface area contributed by atoms with Crippen LogP contribution in [-0.2, 0) is 21.0 Å². The molecule has 1 aromatic rings. The van der Waals surface area contributed by atoms with Gasteiger partial charge in [-0.25, -0.2) is 4.79 Å². The summed E-state index contributed by atoms with van der Waals surface area (Å²) in [4.78, 5) is 12.0. The van der Waals surface area contributed by atoms with Crippen molar-refractivity contribution in [2.45, 2.75) is 37.5 Å². The monoisotopic (exact) mass is 406 g/mol. The molecule has 6 nitrogen and oxygen atoms in total. The average Bonchev–Trinajstić information content (AvgIpc) is 3.01. The first-order valence-corrected chi connectivity index (χ1v) is 9.57. The molecule has 0 spiro atoms. The molecule has 1 fully saturated rings. The van der Waals surface area contributed by atoms with Crippen LogP contribution in [0.25, 0.3) is 0 Å². The van der Waals surface area contributed by atoms with Crippen molar-refractivity contribution < 1.29 is 40.4 Å². The lowest BCUT2D eigenvalue weighted by Crippen LogP contribution is -2.31. The molecule has 1 aromatic carbocycles. The zero-order chi connectivity index (χ0) is 20.3. The summed E-state index contributed by atoms with van der Waals surface area (Å²) in [6, 6.07) is 2.44. The van der Waals surface area contributed by atoms with Gasteiger partial charge in [-0.2, -0.15) is 21.6 Å². The Bertz CT molecular complexity index is 848. The Balaban J connectivity index is 2.28. The summed E-state index contributed by atoms with van der Waals surface area (Å²) in [5.41, 5.74) is -2.52. The Morgan fingerprint density at radius 1 is 1.30 bits per heavy atom. The van der Waals surface area contributed by atoms with Crippen LogP contribution in [0.3, 0.4) is 0 Å². The van der Waals surface area contributed by atoms with Crippen molar-refractivity contribution in [3.05, 3.63) is 29.3 Å². The van der Waals surface area contributed by atoms with Gasteiger partial charge in [-0.15, -0.1) is 6.42 Å². The van der Waals surface area contributed by atoms with Gasteiger partial charge < -0.3 is 9.47 Å². The lowest BCUT2D eigenvalue weighted by molar-refractivity contribution is -0.139. The quantitative estimate of drug-likeness (QED) is 0.444. The van der Waals surface area contributed by atoms with Crippen LogP contribution in [0.15, 0.2) is 18.2 Å². The number of benzene rings is 1. The van der Waals surface area contributed by atoms with E-state index in [0.29, 0.717) is 31.7 Å². The van der Waals surface area contributed by atoms with E-state index in [1.54, 1.807) is 0 Å². The van der Waals surface area contributed by atoms with Crippen LogP contribution in [-0.4, -0.2) is 36.9 Å². The number of hydrogen-bond donors (Lipinski definition) is 1. The summed E-state index contributed by atoms with van der Waals surface area (Å²) in [6.07, 6.45) is 2.93. The van der Waals surface area contributed by atoms with Crippen molar-refractivity contribution in [1.29, 1.82) is 0 Å². The lowest BCUT2D eigenvalue weighted by Gasteiger charge is -2.26. The number of terminal acetylenes is 1. The summed E-state index contributed by atoms with van der Waals surface area (Å²) in [6.45, 7) is -0.650. The molecule has 148 valence electrons. The predicted molar refractivity (Wildman–Crippen MR) is 88.8 cm³/mol. The highest BCUT2D eigenvalue weighted by Crippen LogP contribution is 2.41. The van der Waals surface area contributed by atoms with Crippen LogP contribution in [0, 0.1) is 12.3 Å². The molecule has 0 amide bonds. The summed E-state index contributed by atoms with van der Waals surface area (Å²) < 4.78 is 79.8. The van der Waals surface area contributed by atoms with E-state index in [0.717, 1.165) is 12.1 Å². The third-order valence-electron chi connectivity index (χ3n) is 4.08. The van der Waals surface area contributed by atoms with Crippen molar-refractivity contribution in [1.82, 2.24) is 0 Å². The van der Waals surface area contributed by atoms with Crippen LogP contribution in [0.1, 0.15) is 41.6 Å². The maximum Gasteiger partial charge on any atom is 0.419 e. The third kappa shape index (κ3) is 5.61. The number of esters is 1. The molecule has 0 saturated heterocycles. The van der Waals surface area contributed by atoms with Gasteiger partial charge in [0.1, 0.15) is 18.1 Å².